The zero-order chi connectivity index (χ0) is 19.2. The van der Waals surface area contributed by atoms with E-state index in [2.05, 4.69) is 0 Å². The summed E-state index contributed by atoms with van der Waals surface area (Å²) in [6.45, 7) is 2.02. The van der Waals surface area contributed by atoms with Gasteiger partial charge >= 0.3 is 0 Å². The molecule has 27 heavy (non-hydrogen) atoms. The molecular formula is C20H26N2O4S. The zero-order valence-electron chi connectivity index (χ0n) is 15.5. The van der Waals surface area contributed by atoms with Crippen molar-refractivity contribution in [1.29, 1.82) is 0 Å². The van der Waals surface area contributed by atoms with Crippen molar-refractivity contribution in [2.45, 2.75) is 18.9 Å². The average Bonchev–Trinajstić information content (AvgIpc) is 3.26. The Balaban J connectivity index is 1.63. The topological polar surface area (TPSA) is 85.0 Å². The van der Waals surface area contributed by atoms with Crippen molar-refractivity contribution in [2.75, 3.05) is 33.4 Å². The van der Waals surface area contributed by atoms with Crippen LogP contribution in [-0.4, -0.2) is 49.3 Å². The van der Waals surface area contributed by atoms with Gasteiger partial charge in [-0.05, 0) is 48.4 Å². The molecule has 146 valence electrons. The Bertz CT molecular complexity index is 742. The number of benzene rings is 1. The summed E-state index contributed by atoms with van der Waals surface area (Å²) in [5.41, 5.74) is 6.06. The summed E-state index contributed by atoms with van der Waals surface area (Å²) in [6, 6.07) is 9.13. The van der Waals surface area contributed by atoms with E-state index in [1.165, 1.54) is 0 Å². The molecule has 2 aromatic rings. The molecule has 0 radical (unpaired) electrons. The van der Waals surface area contributed by atoms with E-state index in [-0.39, 0.29) is 11.8 Å². The molecule has 1 saturated heterocycles. The molecule has 1 aliphatic heterocycles. The van der Waals surface area contributed by atoms with Gasteiger partial charge in [0, 0.05) is 30.1 Å². The maximum absolute atomic E-state index is 12.9. The molecule has 1 fully saturated rings. The zero-order valence-corrected chi connectivity index (χ0v) is 16.3. The third-order valence-electron chi connectivity index (χ3n) is 4.89. The molecule has 7 heteroatoms. The lowest BCUT2D eigenvalue weighted by Gasteiger charge is -2.34. The number of aliphatic hydroxyl groups excluding tert-OH is 1. The minimum absolute atomic E-state index is 0.0284. The van der Waals surface area contributed by atoms with Gasteiger partial charge in [-0.25, -0.2) is 0 Å². The summed E-state index contributed by atoms with van der Waals surface area (Å²) in [5, 5.41) is 12.5. The number of aliphatic hydroxyl groups is 1. The molecule has 2 heterocycles. The lowest BCUT2D eigenvalue weighted by molar-refractivity contribution is 0.0474. The number of hydrogen-bond acceptors (Lipinski definition) is 6. The first-order valence-corrected chi connectivity index (χ1v) is 10.0. The van der Waals surface area contributed by atoms with Crippen LogP contribution in [0.25, 0.3) is 0 Å². The van der Waals surface area contributed by atoms with Gasteiger partial charge in [-0.15, -0.1) is 11.3 Å². The molecule has 1 aromatic heterocycles. The number of amides is 1. The van der Waals surface area contributed by atoms with Crippen LogP contribution in [0, 0.1) is 5.92 Å². The van der Waals surface area contributed by atoms with Crippen molar-refractivity contribution in [3.8, 4) is 11.5 Å². The summed E-state index contributed by atoms with van der Waals surface area (Å²) >= 11 is 1.57. The van der Waals surface area contributed by atoms with Crippen molar-refractivity contribution >= 4 is 17.2 Å². The van der Waals surface area contributed by atoms with Crippen LogP contribution in [0.5, 0.6) is 11.5 Å². The van der Waals surface area contributed by atoms with E-state index in [0.717, 1.165) is 17.7 Å². The molecule has 0 spiro atoms. The Kier molecular flexibility index (Phi) is 6.71. The van der Waals surface area contributed by atoms with E-state index in [1.54, 1.807) is 36.6 Å². The van der Waals surface area contributed by atoms with Crippen LogP contribution in [-0.2, 0) is 0 Å². The minimum Gasteiger partial charge on any atom is -0.493 e. The highest BCUT2D eigenvalue weighted by Gasteiger charge is 2.29. The van der Waals surface area contributed by atoms with E-state index in [1.807, 2.05) is 22.4 Å². The van der Waals surface area contributed by atoms with Gasteiger partial charge in [0.2, 0.25) is 0 Å². The molecular weight excluding hydrogens is 364 g/mol. The summed E-state index contributed by atoms with van der Waals surface area (Å²) in [6.07, 6.45) is 1.13. The number of ether oxygens (including phenoxy) is 2. The third-order valence-corrected chi connectivity index (χ3v) is 5.84. The molecule has 1 aromatic carbocycles. The molecule has 0 saturated carbocycles. The largest absolute Gasteiger partial charge is 0.493 e. The predicted octanol–water partition coefficient (Wildman–Crippen LogP) is 2.68. The van der Waals surface area contributed by atoms with Gasteiger partial charge < -0.3 is 25.2 Å². The van der Waals surface area contributed by atoms with E-state index < -0.39 is 6.10 Å². The lowest BCUT2D eigenvalue weighted by atomic mass is 9.90. The quantitative estimate of drug-likeness (QED) is 0.759. The first-order chi connectivity index (χ1) is 13.1. The van der Waals surface area contributed by atoms with Crippen LogP contribution >= 0.6 is 11.3 Å². The maximum atomic E-state index is 12.9. The number of piperidine rings is 1. The smallest absolute Gasteiger partial charge is 0.253 e. The number of nitrogens with two attached hydrogens (primary N) is 1. The van der Waals surface area contributed by atoms with Crippen LogP contribution in [0.1, 0.15) is 34.2 Å². The number of carbonyl (C=O) groups excluding carboxylic acids is 1. The van der Waals surface area contributed by atoms with Gasteiger partial charge in [-0.2, -0.15) is 0 Å². The second-order valence-electron chi connectivity index (χ2n) is 6.59. The summed E-state index contributed by atoms with van der Waals surface area (Å²) in [7, 11) is 1.57. The Morgan fingerprint density at radius 1 is 1.33 bits per heavy atom. The Morgan fingerprint density at radius 2 is 2.11 bits per heavy atom. The molecule has 1 aliphatic rings. The lowest BCUT2D eigenvalue weighted by Crippen LogP contribution is -2.39. The standard InChI is InChI=1S/C20H26N2O4S/c1-25-16-5-4-15(13-17(16)26-11-8-21)20(24)22-9-6-14(7-10-22)19(23)18-3-2-12-27-18/h2-5,12-14,19,23H,6-11,21H2,1H3/t19-/m1/s1. The summed E-state index contributed by atoms with van der Waals surface area (Å²) in [5.74, 6) is 1.26. The molecule has 3 N–H and O–H groups in total. The Morgan fingerprint density at radius 3 is 2.74 bits per heavy atom. The van der Waals surface area contributed by atoms with Gasteiger partial charge in [-0.1, -0.05) is 6.07 Å². The molecule has 6 nitrogen and oxygen atoms in total. The Hall–Kier alpha value is -2.09. The van der Waals surface area contributed by atoms with E-state index in [9.17, 15) is 9.90 Å². The van der Waals surface area contributed by atoms with Crippen LogP contribution in [0.4, 0.5) is 0 Å². The fourth-order valence-corrected chi connectivity index (χ4v) is 4.19. The number of methoxy groups -OCH3 is 1. The average molecular weight is 391 g/mol. The predicted molar refractivity (Wildman–Crippen MR) is 105 cm³/mol. The van der Waals surface area contributed by atoms with E-state index >= 15 is 0 Å². The molecule has 1 atom stereocenters. The maximum Gasteiger partial charge on any atom is 0.253 e. The summed E-state index contributed by atoms with van der Waals surface area (Å²) < 4.78 is 10.9. The highest BCUT2D eigenvalue weighted by molar-refractivity contribution is 7.10. The van der Waals surface area contributed by atoms with Gasteiger partial charge in [0.05, 0.1) is 13.2 Å². The number of nitrogens with zero attached hydrogens (tertiary/aromatic N) is 1. The van der Waals surface area contributed by atoms with E-state index in [4.69, 9.17) is 15.2 Å². The number of thiophene rings is 1. The third kappa shape index (κ3) is 4.61. The first kappa shape index (κ1) is 19.7. The van der Waals surface area contributed by atoms with Crippen molar-refractivity contribution in [1.82, 2.24) is 4.90 Å². The Labute approximate surface area is 163 Å². The van der Waals surface area contributed by atoms with Gasteiger partial charge in [0.15, 0.2) is 11.5 Å². The van der Waals surface area contributed by atoms with Gasteiger partial charge in [-0.3, -0.25) is 4.79 Å². The number of carbonyl (C=O) groups is 1. The van der Waals surface area contributed by atoms with Crippen LogP contribution < -0.4 is 15.2 Å². The van der Waals surface area contributed by atoms with Gasteiger partial charge in [0.25, 0.3) is 5.91 Å². The highest BCUT2D eigenvalue weighted by Crippen LogP contribution is 2.34. The van der Waals surface area contributed by atoms with E-state index in [0.29, 0.717) is 43.3 Å². The first-order valence-electron chi connectivity index (χ1n) is 9.15. The van der Waals surface area contributed by atoms with Crippen LogP contribution in [0.15, 0.2) is 35.7 Å². The van der Waals surface area contributed by atoms with Gasteiger partial charge in [0.1, 0.15) is 6.61 Å². The number of likely N-dealkylation sites (tertiary alicyclic amines) is 1. The molecule has 0 unspecified atom stereocenters. The van der Waals surface area contributed by atoms with Crippen LogP contribution in [0.2, 0.25) is 0 Å². The monoisotopic (exact) mass is 390 g/mol. The molecule has 0 bridgehead atoms. The molecule has 0 aliphatic carbocycles. The minimum atomic E-state index is -0.445. The van der Waals surface area contributed by atoms with Crippen molar-refractivity contribution in [3.05, 3.63) is 46.2 Å². The SMILES string of the molecule is COc1ccc(C(=O)N2CCC([C@@H](O)c3cccs3)CC2)cc1OCCN. The molecule has 3 rings (SSSR count). The molecule has 1 amide bonds. The summed E-state index contributed by atoms with van der Waals surface area (Å²) in [4.78, 5) is 15.7. The fraction of sp³-hybridized carbons (Fsp3) is 0.450. The van der Waals surface area contributed by atoms with Crippen molar-refractivity contribution in [3.63, 3.8) is 0 Å². The fourth-order valence-electron chi connectivity index (χ4n) is 3.38. The highest BCUT2D eigenvalue weighted by atomic mass is 32.1. The second-order valence-corrected chi connectivity index (χ2v) is 7.57. The second kappa shape index (κ2) is 9.21. The number of rotatable bonds is 7. The normalized spacial score (nSPS) is 16.2. The van der Waals surface area contributed by atoms with Crippen molar-refractivity contribution in [2.24, 2.45) is 11.7 Å². The number of hydrogen-bond donors (Lipinski definition) is 2. The van der Waals surface area contributed by atoms with Crippen molar-refractivity contribution < 1.29 is 19.4 Å². The van der Waals surface area contributed by atoms with Crippen LogP contribution in [0.3, 0.4) is 0 Å².